The molecule has 0 saturated heterocycles. The van der Waals surface area contributed by atoms with Gasteiger partial charge < -0.3 is 19.9 Å². The van der Waals surface area contributed by atoms with Gasteiger partial charge in [0, 0.05) is 18.0 Å². The maximum absolute atomic E-state index is 11.3. The van der Waals surface area contributed by atoms with Gasteiger partial charge in [-0.3, -0.25) is 4.79 Å². The number of oxazole rings is 1. The first-order valence-corrected chi connectivity index (χ1v) is 6.92. The van der Waals surface area contributed by atoms with E-state index in [0.717, 1.165) is 0 Å². The maximum atomic E-state index is 11.3. The Morgan fingerprint density at radius 2 is 2.00 bits per heavy atom. The Balaban J connectivity index is 1.87. The summed E-state index contributed by atoms with van der Waals surface area (Å²) in [5.74, 6) is -1.45. The van der Waals surface area contributed by atoms with Crippen molar-refractivity contribution in [2.45, 2.75) is 0 Å². The van der Waals surface area contributed by atoms with Crippen molar-refractivity contribution in [3.05, 3.63) is 60.1 Å². The predicted molar refractivity (Wildman–Crippen MR) is 86.7 cm³/mol. The lowest BCUT2D eigenvalue weighted by molar-refractivity contribution is -0.103. The fourth-order valence-electron chi connectivity index (χ4n) is 2.11. The molecule has 3 aromatic rings. The number of aromatic hydroxyl groups is 1. The second kappa shape index (κ2) is 6.25. The average molecular weight is 324 g/mol. The third-order valence-corrected chi connectivity index (χ3v) is 3.29. The third kappa shape index (κ3) is 2.95. The van der Waals surface area contributed by atoms with Crippen LogP contribution in [-0.2, 0) is 4.79 Å². The standard InChI is InChI=1S/C17H12N2O5/c20-9-10(16-19-13-3-1-2-4-15(13)24-16)8-18-11-5-6-12(17(22)23)14(21)7-11/h1-9,18,21H,(H,22,23)/b10-8-. The van der Waals surface area contributed by atoms with Crippen LogP contribution in [-0.4, -0.2) is 27.5 Å². The zero-order valence-corrected chi connectivity index (χ0v) is 12.3. The smallest absolute Gasteiger partial charge is 0.339 e. The van der Waals surface area contributed by atoms with E-state index < -0.39 is 5.97 Å². The first-order valence-electron chi connectivity index (χ1n) is 6.92. The molecule has 0 bridgehead atoms. The van der Waals surface area contributed by atoms with Crippen LogP contribution in [0.4, 0.5) is 5.69 Å². The first-order chi connectivity index (χ1) is 11.6. The molecule has 7 nitrogen and oxygen atoms in total. The number of para-hydroxylation sites is 2. The van der Waals surface area contributed by atoms with Crippen molar-refractivity contribution < 1.29 is 24.2 Å². The van der Waals surface area contributed by atoms with Gasteiger partial charge in [-0.25, -0.2) is 9.78 Å². The van der Waals surface area contributed by atoms with E-state index in [9.17, 15) is 14.7 Å². The van der Waals surface area contributed by atoms with Gasteiger partial charge in [0.25, 0.3) is 0 Å². The number of hydrogen-bond acceptors (Lipinski definition) is 6. The number of carbonyl (C=O) groups excluding carboxylic acids is 1. The van der Waals surface area contributed by atoms with Crippen LogP contribution >= 0.6 is 0 Å². The van der Waals surface area contributed by atoms with Gasteiger partial charge in [-0.05, 0) is 24.3 Å². The zero-order valence-electron chi connectivity index (χ0n) is 12.3. The largest absolute Gasteiger partial charge is 0.507 e. The summed E-state index contributed by atoms with van der Waals surface area (Å²) in [7, 11) is 0. The number of carboxylic acids is 1. The van der Waals surface area contributed by atoms with Crippen LogP contribution in [0.15, 0.2) is 53.1 Å². The zero-order chi connectivity index (χ0) is 17.1. The molecule has 3 rings (SSSR count). The molecule has 1 heterocycles. The SMILES string of the molecule is O=C/C(=C/Nc1ccc(C(=O)O)c(O)c1)c1nc2ccccc2o1. The molecule has 0 aliphatic heterocycles. The predicted octanol–water partition coefficient (Wildman–Crippen LogP) is 2.88. The van der Waals surface area contributed by atoms with E-state index in [1.54, 1.807) is 18.2 Å². The molecule has 2 aromatic carbocycles. The summed E-state index contributed by atoms with van der Waals surface area (Å²) in [4.78, 5) is 26.4. The normalized spacial score (nSPS) is 11.4. The first kappa shape index (κ1) is 15.3. The second-order valence-corrected chi connectivity index (χ2v) is 4.89. The van der Waals surface area contributed by atoms with Crippen LogP contribution in [0.1, 0.15) is 16.2 Å². The van der Waals surface area contributed by atoms with Crippen molar-refractivity contribution in [3.8, 4) is 5.75 Å². The Morgan fingerprint density at radius 3 is 2.67 bits per heavy atom. The van der Waals surface area contributed by atoms with Crippen molar-refractivity contribution in [1.29, 1.82) is 0 Å². The van der Waals surface area contributed by atoms with Crippen molar-refractivity contribution in [2.75, 3.05) is 5.32 Å². The monoisotopic (exact) mass is 324 g/mol. The number of benzene rings is 2. The molecule has 0 saturated carbocycles. The summed E-state index contributed by atoms with van der Waals surface area (Å²) < 4.78 is 5.51. The molecule has 0 aliphatic carbocycles. The molecule has 0 atom stereocenters. The molecular formula is C17H12N2O5. The minimum atomic E-state index is -1.23. The Hall–Kier alpha value is -3.61. The van der Waals surface area contributed by atoms with Crippen molar-refractivity contribution in [2.24, 2.45) is 0 Å². The van der Waals surface area contributed by atoms with Crippen LogP contribution in [0.5, 0.6) is 5.75 Å². The second-order valence-electron chi connectivity index (χ2n) is 4.89. The number of nitrogens with one attached hydrogen (secondary N) is 1. The third-order valence-electron chi connectivity index (χ3n) is 3.29. The van der Waals surface area contributed by atoms with E-state index in [1.807, 2.05) is 6.07 Å². The van der Waals surface area contributed by atoms with E-state index in [4.69, 9.17) is 9.52 Å². The Bertz CT molecular complexity index is 926. The fourth-order valence-corrected chi connectivity index (χ4v) is 2.11. The Morgan fingerprint density at radius 1 is 1.21 bits per heavy atom. The molecule has 0 radical (unpaired) electrons. The summed E-state index contributed by atoms with van der Waals surface area (Å²) in [6.07, 6.45) is 1.95. The van der Waals surface area contributed by atoms with Gasteiger partial charge >= 0.3 is 5.97 Å². The number of carbonyl (C=O) groups is 2. The van der Waals surface area contributed by atoms with Gasteiger partial charge in [0.05, 0.1) is 5.57 Å². The minimum Gasteiger partial charge on any atom is -0.507 e. The molecule has 3 N–H and O–H groups in total. The number of carboxylic acid groups (broad SMARTS) is 1. The lowest BCUT2D eigenvalue weighted by Gasteiger charge is -2.04. The lowest BCUT2D eigenvalue weighted by atomic mass is 10.2. The molecule has 120 valence electrons. The molecule has 0 fully saturated rings. The van der Waals surface area contributed by atoms with E-state index in [2.05, 4.69) is 10.3 Å². The van der Waals surface area contributed by atoms with Crippen molar-refractivity contribution >= 4 is 34.6 Å². The highest BCUT2D eigenvalue weighted by Gasteiger charge is 2.11. The Labute approximate surface area is 135 Å². The number of fused-ring (bicyclic) bond motifs is 1. The summed E-state index contributed by atoms with van der Waals surface area (Å²) in [5, 5.41) is 21.3. The van der Waals surface area contributed by atoms with E-state index in [0.29, 0.717) is 23.1 Å². The number of nitrogens with zero attached hydrogens (tertiary/aromatic N) is 1. The summed E-state index contributed by atoms with van der Waals surface area (Å²) in [6, 6.07) is 11.1. The van der Waals surface area contributed by atoms with Crippen molar-refractivity contribution in [1.82, 2.24) is 4.98 Å². The number of aromatic carboxylic acids is 1. The van der Waals surface area contributed by atoms with E-state index in [-0.39, 0.29) is 22.8 Å². The van der Waals surface area contributed by atoms with Crippen molar-refractivity contribution in [3.63, 3.8) is 0 Å². The van der Waals surface area contributed by atoms with Gasteiger partial charge in [-0.1, -0.05) is 12.1 Å². The molecule has 0 aliphatic rings. The molecule has 24 heavy (non-hydrogen) atoms. The quantitative estimate of drug-likeness (QED) is 0.488. The van der Waals surface area contributed by atoms with Gasteiger partial charge in [-0.2, -0.15) is 0 Å². The van der Waals surface area contributed by atoms with Gasteiger partial charge in [0.1, 0.15) is 16.8 Å². The fraction of sp³-hybridized carbons (Fsp3) is 0. The molecular weight excluding hydrogens is 312 g/mol. The molecule has 0 unspecified atom stereocenters. The number of allylic oxidation sites excluding steroid dienone is 1. The highest BCUT2D eigenvalue weighted by molar-refractivity contribution is 6.06. The summed E-state index contributed by atoms with van der Waals surface area (Å²) in [6.45, 7) is 0. The number of rotatable bonds is 5. The topological polar surface area (TPSA) is 113 Å². The minimum absolute atomic E-state index is 0.157. The molecule has 1 aromatic heterocycles. The highest BCUT2D eigenvalue weighted by atomic mass is 16.4. The number of anilines is 1. The number of aromatic nitrogens is 1. The van der Waals surface area contributed by atoms with E-state index in [1.165, 1.54) is 24.4 Å². The Kier molecular flexibility index (Phi) is 3.98. The van der Waals surface area contributed by atoms with Crippen LogP contribution in [0.2, 0.25) is 0 Å². The molecule has 0 spiro atoms. The molecule has 0 amide bonds. The van der Waals surface area contributed by atoms with Crippen LogP contribution in [0, 0.1) is 0 Å². The lowest BCUT2D eigenvalue weighted by Crippen LogP contribution is -1.98. The molecule has 7 heteroatoms. The number of hydrogen-bond donors (Lipinski definition) is 3. The summed E-state index contributed by atoms with van der Waals surface area (Å²) >= 11 is 0. The van der Waals surface area contributed by atoms with Crippen LogP contribution < -0.4 is 5.32 Å². The van der Waals surface area contributed by atoms with E-state index >= 15 is 0 Å². The van der Waals surface area contributed by atoms with Gasteiger partial charge in [0.2, 0.25) is 5.89 Å². The summed E-state index contributed by atoms with van der Waals surface area (Å²) in [5.41, 5.74) is 1.56. The van der Waals surface area contributed by atoms with Gasteiger partial charge in [0.15, 0.2) is 11.9 Å². The average Bonchev–Trinajstić information content (AvgIpc) is 2.99. The number of aldehydes is 1. The number of phenols is 1. The maximum Gasteiger partial charge on any atom is 0.339 e. The van der Waals surface area contributed by atoms with Crippen LogP contribution in [0.25, 0.3) is 16.7 Å². The van der Waals surface area contributed by atoms with Gasteiger partial charge in [-0.15, -0.1) is 0 Å². The van der Waals surface area contributed by atoms with Crippen LogP contribution in [0.3, 0.4) is 0 Å². The highest BCUT2D eigenvalue weighted by Crippen LogP contribution is 2.23.